The molecule has 5 rings (SSSR count). The minimum atomic E-state index is -0.610. The molecule has 1 heterocycles. The van der Waals surface area contributed by atoms with E-state index in [0.29, 0.717) is 18.9 Å². The number of nitrogens with zero attached hydrogens (tertiary/aromatic N) is 2. The maximum Gasteiger partial charge on any atom is 0.226 e. The van der Waals surface area contributed by atoms with Crippen molar-refractivity contribution in [2.24, 2.45) is 16.7 Å². The number of aromatic nitrogens is 3. The molecule has 1 amide bonds. The lowest BCUT2D eigenvalue weighted by atomic mass is 9.42. The van der Waals surface area contributed by atoms with E-state index in [1.807, 2.05) is 0 Å². The molecule has 3 N–H and O–H groups in total. The first-order chi connectivity index (χ1) is 11.5. The summed E-state index contributed by atoms with van der Waals surface area (Å²) in [7, 11) is 0. The lowest BCUT2D eigenvalue weighted by Crippen LogP contribution is -2.63. The highest BCUT2D eigenvalue weighted by atomic mass is 32.2. The van der Waals surface area contributed by atoms with Gasteiger partial charge in [-0.2, -0.15) is 5.10 Å². The second-order valence-corrected chi connectivity index (χ2v) is 9.35. The molecule has 4 atom stereocenters. The van der Waals surface area contributed by atoms with E-state index in [1.54, 1.807) is 11.8 Å². The monoisotopic (exact) mass is 350 g/mol. The molecular formula is C17H26N4O2S. The predicted molar refractivity (Wildman–Crippen MR) is 91.4 cm³/mol. The van der Waals surface area contributed by atoms with Crippen LogP contribution in [0.25, 0.3) is 0 Å². The van der Waals surface area contributed by atoms with Crippen LogP contribution in [0.15, 0.2) is 11.5 Å². The molecule has 0 spiro atoms. The number of thioether (sulfide) groups is 1. The average Bonchev–Trinajstić information content (AvgIpc) is 3.02. The Kier molecular flexibility index (Phi) is 3.91. The maximum absolute atomic E-state index is 13.0. The molecule has 4 aliphatic rings. The number of aliphatic hydroxyl groups is 1. The van der Waals surface area contributed by atoms with Crippen LogP contribution in [0.5, 0.6) is 0 Å². The number of hydrogen-bond donors (Lipinski definition) is 3. The topological polar surface area (TPSA) is 90.9 Å². The van der Waals surface area contributed by atoms with Crippen molar-refractivity contribution in [1.29, 1.82) is 0 Å². The molecule has 0 aromatic carbocycles. The van der Waals surface area contributed by atoms with Gasteiger partial charge in [0.2, 0.25) is 5.91 Å². The predicted octanol–water partition coefficient (Wildman–Crippen LogP) is 2.12. The minimum Gasteiger partial charge on any atom is -0.390 e. The van der Waals surface area contributed by atoms with Gasteiger partial charge in [0.05, 0.1) is 11.0 Å². The highest BCUT2D eigenvalue weighted by Gasteiger charge is 2.64. The zero-order valence-corrected chi connectivity index (χ0v) is 15.0. The minimum absolute atomic E-state index is 0.154. The van der Waals surface area contributed by atoms with Crippen molar-refractivity contribution < 1.29 is 9.90 Å². The SMILES string of the molecule is CC[C@@]12C[C@H]3C[C@@](O)(C1)C[C@@](C(=O)NCCSc1ncn[nH]1)(C3)C2. The first-order valence-electron chi connectivity index (χ1n) is 8.96. The molecule has 1 aromatic heterocycles. The maximum atomic E-state index is 13.0. The molecule has 132 valence electrons. The first-order valence-corrected chi connectivity index (χ1v) is 9.94. The molecule has 4 saturated carbocycles. The lowest BCUT2D eigenvalue weighted by Gasteiger charge is -2.64. The first kappa shape index (κ1) is 16.4. The molecule has 0 saturated heterocycles. The summed E-state index contributed by atoms with van der Waals surface area (Å²) < 4.78 is 0. The van der Waals surface area contributed by atoms with Crippen LogP contribution in [0.2, 0.25) is 0 Å². The second kappa shape index (κ2) is 5.73. The molecule has 1 aromatic rings. The zero-order valence-electron chi connectivity index (χ0n) is 14.2. The largest absolute Gasteiger partial charge is 0.390 e. The van der Waals surface area contributed by atoms with Gasteiger partial charge in [-0.25, -0.2) is 4.98 Å². The standard InChI is InChI=1S/C17H26N4O2S/c1-2-15-5-12-6-16(8-15,10-17(23,7-12)9-15)13(22)18-3-4-24-14-19-11-20-21-14/h11-12,23H,2-10H2,1H3,(H,18,22)(H,19,20,21)/t12-,15+,16-,17-/m1/s1. The van der Waals surface area contributed by atoms with Gasteiger partial charge in [0.15, 0.2) is 5.16 Å². The van der Waals surface area contributed by atoms with E-state index < -0.39 is 5.60 Å². The van der Waals surface area contributed by atoms with Crippen LogP contribution >= 0.6 is 11.8 Å². The van der Waals surface area contributed by atoms with Gasteiger partial charge in [0.25, 0.3) is 0 Å². The van der Waals surface area contributed by atoms with Crippen molar-refractivity contribution in [2.75, 3.05) is 12.3 Å². The second-order valence-electron chi connectivity index (χ2n) is 8.26. The smallest absolute Gasteiger partial charge is 0.226 e. The Bertz CT molecular complexity index is 624. The fraction of sp³-hybridized carbons (Fsp3) is 0.824. The molecule has 0 radical (unpaired) electrons. The van der Waals surface area contributed by atoms with E-state index >= 15 is 0 Å². The Hall–Kier alpha value is -1.08. The number of nitrogens with one attached hydrogen (secondary N) is 2. The quantitative estimate of drug-likeness (QED) is 0.540. The number of carbonyl (C=O) groups is 1. The highest BCUT2D eigenvalue weighted by Crippen LogP contribution is 2.67. The summed E-state index contributed by atoms with van der Waals surface area (Å²) in [6.45, 7) is 2.84. The van der Waals surface area contributed by atoms with Gasteiger partial charge in [0, 0.05) is 12.3 Å². The molecule has 7 heteroatoms. The van der Waals surface area contributed by atoms with Crippen molar-refractivity contribution in [1.82, 2.24) is 20.5 Å². The van der Waals surface area contributed by atoms with Crippen molar-refractivity contribution >= 4 is 17.7 Å². The fourth-order valence-electron chi connectivity index (χ4n) is 6.00. The average molecular weight is 350 g/mol. The number of carbonyl (C=O) groups excluding carboxylic acids is 1. The van der Waals surface area contributed by atoms with E-state index in [-0.39, 0.29) is 16.7 Å². The number of H-pyrrole nitrogens is 1. The van der Waals surface area contributed by atoms with Gasteiger partial charge in [-0.1, -0.05) is 25.1 Å². The third-order valence-corrected chi connectivity index (χ3v) is 7.28. The van der Waals surface area contributed by atoms with E-state index in [0.717, 1.165) is 43.0 Å². The van der Waals surface area contributed by atoms with E-state index in [9.17, 15) is 9.90 Å². The number of hydrogen-bond acceptors (Lipinski definition) is 5. The van der Waals surface area contributed by atoms with E-state index in [2.05, 4.69) is 27.4 Å². The van der Waals surface area contributed by atoms with Gasteiger partial charge in [0.1, 0.15) is 6.33 Å². The van der Waals surface area contributed by atoms with Gasteiger partial charge < -0.3 is 10.4 Å². The van der Waals surface area contributed by atoms with Gasteiger partial charge >= 0.3 is 0 Å². The summed E-state index contributed by atoms with van der Waals surface area (Å²) in [5.74, 6) is 1.44. The van der Waals surface area contributed by atoms with Crippen LogP contribution in [-0.2, 0) is 4.79 Å². The third-order valence-electron chi connectivity index (χ3n) is 6.41. The number of aromatic amines is 1. The van der Waals surface area contributed by atoms with Crippen LogP contribution in [-0.4, -0.2) is 44.1 Å². The van der Waals surface area contributed by atoms with Crippen LogP contribution in [0.4, 0.5) is 0 Å². The highest BCUT2D eigenvalue weighted by molar-refractivity contribution is 7.99. The summed E-state index contributed by atoms with van der Waals surface area (Å²) in [6, 6.07) is 0. The third kappa shape index (κ3) is 2.75. The molecule has 4 bridgehead atoms. The molecule has 6 nitrogen and oxygen atoms in total. The van der Waals surface area contributed by atoms with Gasteiger partial charge in [-0.15, -0.1) is 0 Å². The van der Waals surface area contributed by atoms with Crippen molar-refractivity contribution in [3.8, 4) is 0 Å². The summed E-state index contributed by atoms with van der Waals surface area (Å²) in [5, 5.41) is 21.5. The number of amides is 1. The zero-order chi connectivity index (χ0) is 16.8. The van der Waals surface area contributed by atoms with Crippen molar-refractivity contribution in [3.63, 3.8) is 0 Å². The molecule has 0 unspecified atom stereocenters. The summed E-state index contributed by atoms with van der Waals surface area (Å²) >= 11 is 1.56. The fourth-order valence-corrected chi connectivity index (χ4v) is 6.63. The van der Waals surface area contributed by atoms with Gasteiger partial charge in [-0.05, 0) is 49.9 Å². The lowest BCUT2D eigenvalue weighted by molar-refractivity contribution is -0.204. The van der Waals surface area contributed by atoms with Crippen LogP contribution in [0.1, 0.15) is 51.9 Å². The summed E-state index contributed by atoms with van der Waals surface area (Å²) in [5.41, 5.74) is -0.775. The summed E-state index contributed by atoms with van der Waals surface area (Å²) in [4.78, 5) is 17.1. The van der Waals surface area contributed by atoms with Crippen LogP contribution in [0.3, 0.4) is 0 Å². The molecule has 4 aliphatic carbocycles. The van der Waals surface area contributed by atoms with Crippen molar-refractivity contribution in [3.05, 3.63) is 6.33 Å². The summed E-state index contributed by atoms with van der Waals surface area (Å²) in [6.07, 6.45) is 8.11. The molecule has 4 fully saturated rings. The van der Waals surface area contributed by atoms with E-state index in [4.69, 9.17) is 0 Å². The Labute approximate surface area is 146 Å². The Morgan fingerprint density at radius 2 is 2.29 bits per heavy atom. The molecule has 24 heavy (non-hydrogen) atoms. The Balaban J connectivity index is 1.40. The van der Waals surface area contributed by atoms with E-state index in [1.165, 1.54) is 12.7 Å². The van der Waals surface area contributed by atoms with Crippen LogP contribution < -0.4 is 5.32 Å². The Morgan fingerprint density at radius 3 is 3.00 bits per heavy atom. The molecular weight excluding hydrogens is 324 g/mol. The van der Waals surface area contributed by atoms with Crippen molar-refractivity contribution in [2.45, 2.75) is 62.6 Å². The van der Waals surface area contributed by atoms with Gasteiger partial charge in [-0.3, -0.25) is 9.89 Å². The normalized spacial score (nSPS) is 40.0. The molecule has 0 aliphatic heterocycles. The number of rotatable bonds is 6. The Morgan fingerprint density at radius 1 is 1.42 bits per heavy atom. The van der Waals surface area contributed by atoms with Crippen LogP contribution in [0, 0.1) is 16.7 Å².